The summed E-state index contributed by atoms with van der Waals surface area (Å²) in [4.78, 5) is 22.6. The van der Waals surface area contributed by atoms with E-state index in [9.17, 15) is 9.59 Å². The number of rotatable bonds is 16. The summed E-state index contributed by atoms with van der Waals surface area (Å²) in [6.07, 6.45) is 15.2. The Balaban J connectivity index is 3.29. The minimum absolute atomic E-state index is 0.0923. The van der Waals surface area contributed by atoms with Crippen LogP contribution in [0.15, 0.2) is 12.2 Å². The molecule has 0 unspecified atom stereocenters. The monoisotopic (exact) mass is 340 g/mol. The number of hydrogen-bond acceptors (Lipinski definition) is 4. The normalized spacial score (nSPS) is 10.4. The summed E-state index contributed by atoms with van der Waals surface area (Å²) >= 11 is 0. The van der Waals surface area contributed by atoms with Gasteiger partial charge in [-0.1, -0.05) is 84.1 Å². The lowest BCUT2D eigenvalue weighted by Crippen LogP contribution is -2.12. The summed E-state index contributed by atoms with van der Waals surface area (Å²) in [5, 5.41) is 0. The van der Waals surface area contributed by atoms with Crippen molar-refractivity contribution in [1.29, 1.82) is 0 Å². The minimum atomic E-state index is -0.558. The van der Waals surface area contributed by atoms with Crippen molar-refractivity contribution in [2.75, 3.05) is 13.7 Å². The Morgan fingerprint density at radius 3 is 1.71 bits per heavy atom. The van der Waals surface area contributed by atoms with Crippen LogP contribution in [-0.4, -0.2) is 25.7 Å². The highest BCUT2D eigenvalue weighted by molar-refractivity contribution is 5.93. The molecule has 0 aliphatic carbocycles. The average molecular weight is 341 g/mol. The van der Waals surface area contributed by atoms with Crippen molar-refractivity contribution in [1.82, 2.24) is 0 Å². The topological polar surface area (TPSA) is 52.6 Å². The average Bonchev–Trinajstić information content (AvgIpc) is 2.58. The molecule has 0 heterocycles. The Labute approximate surface area is 148 Å². The number of carbonyl (C=O) groups excluding carboxylic acids is 2. The predicted octanol–water partition coefficient (Wildman–Crippen LogP) is 5.35. The molecule has 0 saturated carbocycles. The Morgan fingerprint density at radius 1 is 0.792 bits per heavy atom. The highest BCUT2D eigenvalue weighted by Gasteiger charge is 2.12. The standard InChI is InChI=1S/C20H36O4/c1-4-5-6-7-8-9-10-11-12-13-14-15-16-24-19(21)17-18(2)20(22)23-3/h2,4-17H2,1,3H3. The van der Waals surface area contributed by atoms with Gasteiger partial charge in [-0.2, -0.15) is 0 Å². The van der Waals surface area contributed by atoms with Gasteiger partial charge in [0.1, 0.15) is 0 Å². The van der Waals surface area contributed by atoms with Crippen LogP contribution in [0.5, 0.6) is 0 Å². The number of hydrogen-bond donors (Lipinski definition) is 0. The number of unbranched alkanes of at least 4 members (excludes halogenated alkanes) is 11. The van der Waals surface area contributed by atoms with Crippen LogP contribution in [0, 0.1) is 0 Å². The third-order valence-electron chi connectivity index (χ3n) is 4.09. The summed E-state index contributed by atoms with van der Waals surface area (Å²) in [6.45, 7) is 6.18. The lowest BCUT2D eigenvalue weighted by atomic mass is 10.1. The lowest BCUT2D eigenvalue weighted by Gasteiger charge is -2.06. The summed E-state index contributed by atoms with van der Waals surface area (Å²) in [5.74, 6) is -0.967. The highest BCUT2D eigenvalue weighted by Crippen LogP contribution is 2.12. The predicted molar refractivity (Wildman–Crippen MR) is 97.8 cm³/mol. The lowest BCUT2D eigenvalue weighted by molar-refractivity contribution is -0.145. The molecule has 0 amide bonds. The van der Waals surface area contributed by atoms with Crippen LogP contribution in [0.2, 0.25) is 0 Å². The van der Waals surface area contributed by atoms with Gasteiger partial charge in [0.15, 0.2) is 0 Å². The first-order valence-electron chi connectivity index (χ1n) is 9.53. The Kier molecular flexibility index (Phi) is 15.6. The first kappa shape index (κ1) is 22.7. The fourth-order valence-corrected chi connectivity index (χ4v) is 2.57. The summed E-state index contributed by atoms with van der Waals surface area (Å²) in [7, 11) is 1.27. The molecule has 0 N–H and O–H groups in total. The van der Waals surface area contributed by atoms with Crippen molar-refractivity contribution in [3.63, 3.8) is 0 Å². The second kappa shape index (κ2) is 16.5. The maximum atomic E-state index is 11.5. The van der Waals surface area contributed by atoms with Crippen molar-refractivity contribution in [3.8, 4) is 0 Å². The molecule has 24 heavy (non-hydrogen) atoms. The van der Waals surface area contributed by atoms with E-state index in [-0.39, 0.29) is 12.0 Å². The van der Waals surface area contributed by atoms with Gasteiger partial charge < -0.3 is 9.47 Å². The maximum absolute atomic E-state index is 11.5. The zero-order valence-electron chi connectivity index (χ0n) is 15.7. The van der Waals surface area contributed by atoms with Gasteiger partial charge in [0.05, 0.1) is 20.1 Å². The van der Waals surface area contributed by atoms with Gasteiger partial charge in [-0.3, -0.25) is 4.79 Å². The second-order valence-corrected chi connectivity index (χ2v) is 6.38. The zero-order chi connectivity index (χ0) is 18.0. The van der Waals surface area contributed by atoms with Gasteiger partial charge in [0.25, 0.3) is 0 Å². The first-order valence-corrected chi connectivity index (χ1v) is 9.53. The Bertz CT molecular complexity index is 350. The molecule has 0 aliphatic rings. The van der Waals surface area contributed by atoms with Gasteiger partial charge in [-0.15, -0.1) is 0 Å². The minimum Gasteiger partial charge on any atom is -0.466 e. The van der Waals surface area contributed by atoms with Crippen LogP contribution in [0.3, 0.4) is 0 Å². The van der Waals surface area contributed by atoms with Crippen molar-refractivity contribution in [2.24, 2.45) is 0 Å². The van der Waals surface area contributed by atoms with Gasteiger partial charge in [0, 0.05) is 5.57 Å². The molecule has 0 aromatic rings. The molecule has 0 spiro atoms. The summed E-state index contributed by atoms with van der Waals surface area (Å²) in [5.41, 5.74) is 0.136. The molecular weight excluding hydrogens is 304 g/mol. The van der Waals surface area contributed by atoms with Crippen molar-refractivity contribution in [2.45, 2.75) is 90.4 Å². The number of carbonyl (C=O) groups is 2. The molecule has 4 nitrogen and oxygen atoms in total. The molecule has 140 valence electrons. The Morgan fingerprint density at radius 2 is 1.25 bits per heavy atom. The van der Waals surface area contributed by atoms with E-state index in [4.69, 9.17) is 4.74 Å². The molecule has 0 radical (unpaired) electrons. The maximum Gasteiger partial charge on any atom is 0.333 e. The number of esters is 2. The van der Waals surface area contributed by atoms with Crippen LogP contribution in [0.25, 0.3) is 0 Å². The van der Waals surface area contributed by atoms with Crippen molar-refractivity contribution >= 4 is 11.9 Å². The van der Waals surface area contributed by atoms with Crippen LogP contribution in [-0.2, 0) is 19.1 Å². The quantitative estimate of drug-likeness (QED) is 0.216. The Hall–Kier alpha value is -1.32. The molecule has 0 aromatic carbocycles. The van der Waals surface area contributed by atoms with E-state index in [1.165, 1.54) is 71.3 Å². The molecule has 0 rings (SSSR count). The summed E-state index contributed by atoms with van der Waals surface area (Å²) in [6, 6.07) is 0. The van der Waals surface area contributed by atoms with E-state index >= 15 is 0 Å². The van der Waals surface area contributed by atoms with E-state index in [2.05, 4.69) is 18.2 Å². The first-order chi connectivity index (χ1) is 11.6. The number of methoxy groups -OCH3 is 1. The number of ether oxygens (including phenoxy) is 2. The van der Waals surface area contributed by atoms with Crippen molar-refractivity contribution < 1.29 is 19.1 Å². The molecule has 0 aliphatic heterocycles. The molecule has 0 bridgehead atoms. The third kappa shape index (κ3) is 14.3. The largest absolute Gasteiger partial charge is 0.466 e. The van der Waals surface area contributed by atoms with Gasteiger partial charge in [-0.25, -0.2) is 4.79 Å². The third-order valence-corrected chi connectivity index (χ3v) is 4.09. The van der Waals surface area contributed by atoms with Crippen molar-refractivity contribution in [3.05, 3.63) is 12.2 Å². The van der Waals surface area contributed by atoms with E-state index in [0.717, 1.165) is 12.8 Å². The molecular formula is C20H36O4. The smallest absolute Gasteiger partial charge is 0.333 e. The molecule has 0 aromatic heterocycles. The molecule has 0 saturated heterocycles. The SMILES string of the molecule is C=C(CC(=O)OCCCCCCCCCCCCCC)C(=O)OC. The van der Waals surface area contributed by atoms with Gasteiger partial charge in [-0.05, 0) is 6.42 Å². The fourth-order valence-electron chi connectivity index (χ4n) is 2.57. The summed E-state index contributed by atoms with van der Waals surface area (Å²) < 4.78 is 9.58. The van der Waals surface area contributed by atoms with Crippen LogP contribution in [0.1, 0.15) is 90.4 Å². The van der Waals surface area contributed by atoms with Crippen LogP contribution >= 0.6 is 0 Å². The van der Waals surface area contributed by atoms with Crippen LogP contribution in [0.4, 0.5) is 0 Å². The highest BCUT2D eigenvalue weighted by atomic mass is 16.5. The van der Waals surface area contributed by atoms with Crippen LogP contribution < -0.4 is 0 Å². The van der Waals surface area contributed by atoms with Gasteiger partial charge in [0.2, 0.25) is 0 Å². The second-order valence-electron chi connectivity index (χ2n) is 6.38. The van der Waals surface area contributed by atoms with E-state index in [1.807, 2.05) is 0 Å². The molecule has 0 fully saturated rings. The van der Waals surface area contributed by atoms with E-state index in [1.54, 1.807) is 0 Å². The fraction of sp³-hybridized carbons (Fsp3) is 0.800. The molecule has 4 heteroatoms. The molecule has 0 atom stereocenters. The zero-order valence-corrected chi connectivity index (χ0v) is 15.7. The van der Waals surface area contributed by atoms with Gasteiger partial charge >= 0.3 is 11.9 Å². The van der Waals surface area contributed by atoms with E-state index < -0.39 is 11.9 Å². The van der Waals surface area contributed by atoms with E-state index in [0.29, 0.717) is 6.61 Å².